The van der Waals surface area contributed by atoms with Gasteiger partial charge in [-0.3, -0.25) is 33.6 Å². The lowest BCUT2D eigenvalue weighted by molar-refractivity contribution is -0.133. The standard InChI is InChI=1S/C70H70O14/c1-36-15-50-29-52-17-37(2)19-54(65(52)79-44(9)72)31-56-21-39(4)23-58(67(56)81-46(11)74)33-60-25-41(6)27-62(69(60)83-48(13)76)35-63-28-42(7)26-61(70(63)84-49(14)77)34-59-24-40(5)22-57(68(59)82-47(12)75)32-55-20-38(3)18-53(66(55)80-45(10)73)30-51(16-36)64(50)78-43(8)71/h15-28H,29-35H2,1-14H3. The van der Waals surface area contributed by atoms with Crippen molar-refractivity contribution in [1.82, 2.24) is 0 Å². The fourth-order valence-corrected chi connectivity index (χ4v) is 11.7. The van der Waals surface area contributed by atoms with Crippen LogP contribution >= 0.6 is 0 Å². The highest BCUT2D eigenvalue weighted by atomic mass is 16.6. The van der Waals surface area contributed by atoms with Crippen molar-refractivity contribution in [3.8, 4) is 40.2 Å². The van der Waals surface area contributed by atoms with Gasteiger partial charge in [-0.25, -0.2) is 0 Å². The molecule has 1 aliphatic carbocycles. The Balaban J connectivity index is 1.47. The van der Waals surface area contributed by atoms with Gasteiger partial charge in [0.2, 0.25) is 0 Å². The van der Waals surface area contributed by atoms with Crippen molar-refractivity contribution in [1.29, 1.82) is 0 Å². The SMILES string of the molecule is CC(=O)Oc1c2cc(C)cc1Cc1cc(C)cc(c1OC(C)=O)Cc1cc(C)cc(c1OC(C)=O)Cc1cc(C)cc(c1OC(C)=O)Cc1cc(C)cc(c1OC(C)=O)Cc1cc(C)cc(c1OC(C)=O)Cc1cc(C)cc(c1OC(C)=O)C2. The van der Waals surface area contributed by atoms with Gasteiger partial charge in [0.1, 0.15) is 40.2 Å². The maximum absolute atomic E-state index is 13.2. The lowest BCUT2D eigenvalue weighted by Crippen LogP contribution is -2.13. The Bertz CT molecular complexity index is 3010. The summed E-state index contributed by atoms with van der Waals surface area (Å²) in [6.07, 6.45) is 0.938. The molecule has 0 saturated heterocycles. The number of hydrogen-bond acceptors (Lipinski definition) is 14. The normalized spacial score (nSPS) is 12.2. The molecule has 0 unspecified atom stereocenters. The minimum absolute atomic E-state index is 0.134. The quantitative estimate of drug-likeness (QED) is 0.108. The van der Waals surface area contributed by atoms with Crippen LogP contribution in [0.15, 0.2) is 84.9 Å². The summed E-state index contributed by atoms with van der Waals surface area (Å²) < 4.78 is 43.1. The molecule has 0 spiro atoms. The predicted molar refractivity (Wildman–Crippen MR) is 317 cm³/mol. The fraction of sp³-hybridized carbons (Fsp3) is 0.300. The van der Waals surface area contributed by atoms with E-state index in [1.165, 1.54) is 48.5 Å². The van der Waals surface area contributed by atoms with Crippen LogP contribution in [0.2, 0.25) is 0 Å². The molecule has 7 aromatic carbocycles. The molecule has 0 amide bonds. The molecule has 84 heavy (non-hydrogen) atoms. The van der Waals surface area contributed by atoms with Crippen LogP contribution in [0.25, 0.3) is 0 Å². The zero-order valence-corrected chi connectivity index (χ0v) is 50.2. The molecule has 434 valence electrons. The van der Waals surface area contributed by atoms with Gasteiger partial charge in [-0.1, -0.05) is 124 Å². The third kappa shape index (κ3) is 14.9. The molecule has 1 aliphatic rings. The second kappa shape index (κ2) is 25.5. The second-order valence-electron chi connectivity index (χ2n) is 22.3. The molecule has 0 N–H and O–H groups in total. The average molecular weight is 1140 g/mol. The van der Waals surface area contributed by atoms with E-state index >= 15 is 0 Å². The summed E-state index contributed by atoms with van der Waals surface area (Å²) in [6, 6.07) is 26.8. The van der Waals surface area contributed by atoms with E-state index in [4.69, 9.17) is 33.2 Å². The Morgan fingerprint density at radius 2 is 0.286 bits per heavy atom. The highest BCUT2D eigenvalue weighted by Gasteiger charge is 2.28. The van der Waals surface area contributed by atoms with Crippen LogP contribution in [-0.4, -0.2) is 41.8 Å². The molecule has 14 heteroatoms. The van der Waals surface area contributed by atoms with Crippen molar-refractivity contribution in [2.45, 2.75) is 142 Å². The molecule has 7 aromatic rings. The summed E-state index contributed by atoms with van der Waals surface area (Å²) >= 11 is 0. The monoisotopic (exact) mass is 1130 g/mol. The van der Waals surface area contributed by atoms with E-state index in [1.807, 2.05) is 133 Å². The summed E-state index contributed by atoms with van der Waals surface area (Å²) in [7, 11) is 0. The Labute approximate surface area is 490 Å². The second-order valence-corrected chi connectivity index (χ2v) is 22.3. The first-order valence-electron chi connectivity index (χ1n) is 27.8. The summed E-state index contributed by atoms with van der Waals surface area (Å²) in [5.41, 5.74) is 14.3. The Kier molecular flexibility index (Phi) is 18.5. The maximum atomic E-state index is 13.2. The highest BCUT2D eigenvalue weighted by molar-refractivity contribution is 5.77. The van der Waals surface area contributed by atoms with Gasteiger partial charge in [0.15, 0.2) is 0 Å². The van der Waals surface area contributed by atoms with Gasteiger partial charge < -0.3 is 33.2 Å². The third-order valence-corrected chi connectivity index (χ3v) is 14.1. The predicted octanol–water partition coefficient (Wildman–Crippen LogP) is 12.8. The lowest BCUT2D eigenvalue weighted by atomic mass is 9.88. The fourth-order valence-electron chi connectivity index (χ4n) is 11.7. The lowest BCUT2D eigenvalue weighted by Gasteiger charge is -2.22. The van der Waals surface area contributed by atoms with Gasteiger partial charge in [0.05, 0.1) is 0 Å². The summed E-state index contributed by atoms with van der Waals surface area (Å²) in [6.45, 7) is 22.7. The smallest absolute Gasteiger partial charge is 0.308 e. The van der Waals surface area contributed by atoms with Crippen LogP contribution in [-0.2, 0) is 78.5 Å². The first-order valence-corrected chi connectivity index (χ1v) is 27.8. The van der Waals surface area contributed by atoms with Crippen LogP contribution in [0.1, 0.15) is 165 Å². The first kappa shape index (κ1) is 60.9. The topological polar surface area (TPSA) is 184 Å². The minimum Gasteiger partial charge on any atom is -0.426 e. The molecule has 0 aliphatic heterocycles. The molecule has 14 nitrogen and oxygen atoms in total. The van der Waals surface area contributed by atoms with Gasteiger partial charge in [0.25, 0.3) is 0 Å². The van der Waals surface area contributed by atoms with E-state index in [0.29, 0.717) is 77.9 Å². The largest absolute Gasteiger partial charge is 0.426 e. The van der Waals surface area contributed by atoms with Crippen molar-refractivity contribution in [2.75, 3.05) is 0 Å². The minimum atomic E-state index is -0.576. The molecule has 0 atom stereocenters. The molecule has 14 bridgehead atoms. The number of carbonyl (C=O) groups excluding carboxylic acids is 7. The average Bonchev–Trinajstić information content (AvgIpc) is 1.76. The Morgan fingerprint density at radius 3 is 0.357 bits per heavy atom. The van der Waals surface area contributed by atoms with Gasteiger partial charge in [-0.05, 0) is 126 Å². The van der Waals surface area contributed by atoms with Crippen molar-refractivity contribution < 1.29 is 66.7 Å². The van der Waals surface area contributed by atoms with Crippen molar-refractivity contribution in [3.63, 3.8) is 0 Å². The molecular weight excluding hydrogens is 1060 g/mol. The summed E-state index contributed by atoms with van der Waals surface area (Å²) in [4.78, 5) is 92.5. The van der Waals surface area contributed by atoms with Crippen LogP contribution < -0.4 is 33.2 Å². The van der Waals surface area contributed by atoms with E-state index in [0.717, 1.165) is 38.9 Å². The number of hydrogen-bond donors (Lipinski definition) is 0. The third-order valence-electron chi connectivity index (χ3n) is 14.1. The van der Waals surface area contributed by atoms with E-state index in [2.05, 4.69) is 0 Å². The van der Waals surface area contributed by atoms with Gasteiger partial charge in [-0.15, -0.1) is 0 Å². The Morgan fingerprint density at radius 1 is 0.202 bits per heavy atom. The number of esters is 7. The number of fused-ring (bicyclic) bond motifs is 14. The van der Waals surface area contributed by atoms with E-state index in [1.54, 1.807) is 0 Å². The van der Waals surface area contributed by atoms with Crippen molar-refractivity contribution in [2.24, 2.45) is 0 Å². The Hall–Kier alpha value is -9.17. The van der Waals surface area contributed by atoms with Gasteiger partial charge in [0, 0.05) is 93.4 Å². The number of rotatable bonds is 7. The van der Waals surface area contributed by atoms with E-state index in [9.17, 15) is 33.6 Å². The molecule has 0 aromatic heterocycles. The van der Waals surface area contributed by atoms with E-state index in [-0.39, 0.29) is 85.2 Å². The zero-order valence-electron chi connectivity index (χ0n) is 50.2. The summed E-state index contributed by atoms with van der Waals surface area (Å²) in [5.74, 6) is -2.12. The van der Waals surface area contributed by atoms with Crippen LogP contribution in [0.5, 0.6) is 40.2 Å². The van der Waals surface area contributed by atoms with Crippen molar-refractivity contribution >= 4 is 41.8 Å². The van der Waals surface area contributed by atoms with Gasteiger partial charge in [-0.2, -0.15) is 0 Å². The van der Waals surface area contributed by atoms with Crippen LogP contribution in [0.3, 0.4) is 0 Å². The zero-order chi connectivity index (χ0) is 61.0. The number of ether oxygens (including phenoxy) is 7. The number of aryl methyl sites for hydroxylation is 7. The molecule has 0 saturated carbocycles. The van der Waals surface area contributed by atoms with Crippen LogP contribution in [0.4, 0.5) is 0 Å². The highest BCUT2D eigenvalue weighted by Crippen LogP contribution is 2.43. The number of carbonyl (C=O) groups is 7. The first-order chi connectivity index (χ1) is 39.7. The molecule has 8 rings (SSSR count). The van der Waals surface area contributed by atoms with E-state index < -0.39 is 41.8 Å². The molecule has 0 radical (unpaired) electrons. The summed E-state index contributed by atoms with van der Waals surface area (Å²) in [5, 5.41) is 0. The molecule has 0 heterocycles. The van der Waals surface area contributed by atoms with Crippen LogP contribution in [0, 0.1) is 48.5 Å². The number of benzene rings is 7. The van der Waals surface area contributed by atoms with Crippen molar-refractivity contribution in [3.05, 3.63) is 202 Å². The maximum Gasteiger partial charge on any atom is 0.308 e. The molecular formula is C70H70O14. The van der Waals surface area contributed by atoms with Gasteiger partial charge >= 0.3 is 41.8 Å². The molecule has 0 fully saturated rings.